The molecule has 2 aromatic rings. The molecule has 0 aliphatic carbocycles. The maximum atomic E-state index is 3.62. The number of hydrogen-bond acceptors (Lipinski definition) is 2. The molecule has 1 nitrogen and oxygen atoms in total. The molecule has 0 saturated heterocycles. The largest absolute Gasteiger partial charge is 0.309 e. The number of fused-ring (bicyclic) bond motifs is 1. The first-order valence-electron chi connectivity index (χ1n) is 6.27. The van der Waals surface area contributed by atoms with E-state index in [0.717, 1.165) is 13.0 Å². The number of halogens is 1. The van der Waals surface area contributed by atoms with Crippen LogP contribution in [-0.4, -0.2) is 6.54 Å². The average molecular weight is 322 g/mol. The lowest BCUT2D eigenvalue weighted by Crippen LogP contribution is -2.26. The van der Waals surface area contributed by atoms with E-state index in [9.17, 15) is 0 Å². The molecule has 0 spiro atoms. The summed E-state index contributed by atoms with van der Waals surface area (Å²) in [5.41, 5.74) is 4.13. The Hall–Kier alpha value is -0.640. The summed E-state index contributed by atoms with van der Waals surface area (Å²) in [4.78, 5) is 2.89. The molecule has 1 aliphatic rings. The van der Waals surface area contributed by atoms with E-state index >= 15 is 0 Å². The van der Waals surface area contributed by atoms with Gasteiger partial charge in [0, 0.05) is 20.3 Å². The van der Waals surface area contributed by atoms with Crippen LogP contribution < -0.4 is 5.32 Å². The fourth-order valence-electron chi connectivity index (χ4n) is 2.41. The van der Waals surface area contributed by atoms with Crippen molar-refractivity contribution >= 4 is 27.3 Å². The summed E-state index contributed by atoms with van der Waals surface area (Å²) >= 11 is 5.55. The molecule has 1 atom stereocenters. The highest BCUT2D eigenvalue weighted by atomic mass is 79.9. The Labute approximate surface area is 120 Å². The van der Waals surface area contributed by atoms with E-state index in [1.54, 1.807) is 0 Å². The lowest BCUT2D eigenvalue weighted by Gasteiger charge is -2.19. The van der Waals surface area contributed by atoms with Crippen LogP contribution in [0.3, 0.4) is 0 Å². The summed E-state index contributed by atoms with van der Waals surface area (Å²) in [6.07, 6.45) is 1.16. The molecular weight excluding hydrogens is 306 g/mol. The second-order valence-corrected chi connectivity index (χ2v) is 6.83. The van der Waals surface area contributed by atoms with Crippen LogP contribution in [0.5, 0.6) is 0 Å². The summed E-state index contributed by atoms with van der Waals surface area (Å²) < 4.78 is 1.19. The van der Waals surface area contributed by atoms with Crippen molar-refractivity contribution in [2.24, 2.45) is 0 Å². The van der Waals surface area contributed by atoms with Gasteiger partial charge in [0.15, 0.2) is 0 Å². The van der Waals surface area contributed by atoms with Gasteiger partial charge < -0.3 is 5.32 Å². The predicted octanol–water partition coefficient (Wildman–Crippen LogP) is 4.69. The van der Waals surface area contributed by atoms with Crippen molar-refractivity contribution in [1.29, 1.82) is 0 Å². The van der Waals surface area contributed by atoms with Crippen molar-refractivity contribution in [1.82, 2.24) is 5.32 Å². The molecule has 0 amide bonds. The van der Waals surface area contributed by atoms with Crippen molar-refractivity contribution in [2.75, 3.05) is 6.54 Å². The third-order valence-electron chi connectivity index (χ3n) is 3.54. The maximum Gasteiger partial charge on any atom is 0.0389 e. The van der Waals surface area contributed by atoms with Crippen LogP contribution >= 0.6 is 27.3 Å². The van der Waals surface area contributed by atoms with Crippen LogP contribution in [0.4, 0.5) is 0 Å². The smallest absolute Gasteiger partial charge is 0.0389 e. The number of thiophene rings is 1. The molecule has 94 valence electrons. The van der Waals surface area contributed by atoms with Gasteiger partial charge in [0.05, 0.1) is 0 Å². The summed E-state index contributed by atoms with van der Waals surface area (Å²) in [5, 5.41) is 3.52. The standard InChI is InChI=1S/C15H16BrNS/c1-9-3-4-11(7-13(9)16)14-8-12-5-6-17-10(2)15(12)18-14/h3-4,7-8,10,17H,5-6H2,1-2H3. The summed E-state index contributed by atoms with van der Waals surface area (Å²) in [7, 11) is 0. The normalized spacial score (nSPS) is 18.7. The highest BCUT2D eigenvalue weighted by molar-refractivity contribution is 9.10. The van der Waals surface area contributed by atoms with Gasteiger partial charge in [-0.15, -0.1) is 11.3 Å². The summed E-state index contributed by atoms with van der Waals surface area (Å²) in [6, 6.07) is 9.50. The first kappa shape index (κ1) is 12.4. The van der Waals surface area contributed by atoms with Crippen LogP contribution in [0.1, 0.15) is 29.0 Å². The Morgan fingerprint density at radius 3 is 2.89 bits per heavy atom. The minimum absolute atomic E-state index is 0.501. The zero-order valence-corrected chi connectivity index (χ0v) is 13.0. The van der Waals surface area contributed by atoms with Crippen LogP contribution in [0, 0.1) is 6.92 Å². The van der Waals surface area contributed by atoms with Gasteiger partial charge in [0.1, 0.15) is 0 Å². The van der Waals surface area contributed by atoms with Crippen LogP contribution in [0.25, 0.3) is 10.4 Å². The Morgan fingerprint density at radius 2 is 2.17 bits per heavy atom. The molecule has 1 aromatic heterocycles. The highest BCUT2D eigenvalue weighted by Crippen LogP contribution is 2.38. The first-order chi connectivity index (χ1) is 8.65. The number of rotatable bonds is 1. The van der Waals surface area contributed by atoms with Gasteiger partial charge in [0.25, 0.3) is 0 Å². The van der Waals surface area contributed by atoms with Crippen molar-refractivity contribution in [3.8, 4) is 10.4 Å². The number of nitrogens with one attached hydrogen (secondary N) is 1. The van der Waals surface area contributed by atoms with Gasteiger partial charge in [0.2, 0.25) is 0 Å². The second-order valence-electron chi connectivity index (χ2n) is 4.89. The number of aryl methyl sites for hydroxylation is 1. The Balaban J connectivity index is 2.04. The fourth-order valence-corrected chi connectivity index (χ4v) is 4.02. The highest BCUT2D eigenvalue weighted by Gasteiger charge is 2.19. The number of hydrogen-bond donors (Lipinski definition) is 1. The molecule has 0 saturated carbocycles. The molecule has 2 heterocycles. The molecule has 0 bridgehead atoms. The first-order valence-corrected chi connectivity index (χ1v) is 7.88. The van der Waals surface area contributed by atoms with Crippen molar-refractivity contribution < 1.29 is 0 Å². The third-order valence-corrected chi connectivity index (χ3v) is 5.80. The minimum atomic E-state index is 0.501. The fraction of sp³-hybridized carbons (Fsp3) is 0.333. The Bertz CT molecular complexity index is 588. The lowest BCUT2D eigenvalue weighted by molar-refractivity contribution is 0.551. The van der Waals surface area contributed by atoms with Gasteiger partial charge in [-0.05, 0) is 55.6 Å². The monoisotopic (exact) mass is 321 g/mol. The zero-order chi connectivity index (χ0) is 12.7. The number of benzene rings is 1. The van der Waals surface area contributed by atoms with Crippen molar-refractivity contribution in [3.05, 3.63) is 44.7 Å². The SMILES string of the molecule is Cc1ccc(-c2cc3c(s2)C(C)NCC3)cc1Br. The second kappa shape index (κ2) is 4.80. The van der Waals surface area contributed by atoms with Gasteiger partial charge in [-0.2, -0.15) is 0 Å². The molecule has 3 rings (SSSR count). The lowest BCUT2D eigenvalue weighted by atomic mass is 10.0. The minimum Gasteiger partial charge on any atom is -0.309 e. The van der Waals surface area contributed by atoms with E-state index in [4.69, 9.17) is 0 Å². The van der Waals surface area contributed by atoms with E-state index in [1.807, 2.05) is 11.3 Å². The summed E-state index contributed by atoms with van der Waals surface area (Å²) in [5.74, 6) is 0. The predicted molar refractivity (Wildman–Crippen MR) is 82.3 cm³/mol. The van der Waals surface area contributed by atoms with Crippen LogP contribution in [0.15, 0.2) is 28.7 Å². The topological polar surface area (TPSA) is 12.0 Å². The molecule has 0 radical (unpaired) electrons. The van der Waals surface area contributed by atoms with Gasteiger partial charge >= 0.3 is 0 Å². The summed E-state index contributed by atoms with van der Waals surface area (Å²) in [6.45, 7) is 5.48. The van der Waals surface area contributed by atoms with E-state index < -0.39 is 0 Å². The van der Waals surface area contributed by atoms with Gasteiger partial charge in [-0.1, -0.05) is 28.1 Å². The molecule has 18 heavy (non-hydrogen) atoms. The molecular formula is C15H16BrNS. The third kappa shape index (κ3) is 2.15. The van der Waals surface area contributed by atoms with E-state index in [2.05, 4.69) is 59.4 Å². The van der Waals surface area contributed by atoms with E-state index in [0.29, 0.717) is 6.04 Å². The van der Waals surface area contributed by atoms with Crippen molar-refractivity contribution in [3.63, 3.8) is 0 Å². The quantitative estimate of drug-likeness (QED) is 0.803. The molecule has 0 fully saturated rings. The molecule has 1 aliphatic heterocycles. The average Bonchev–Trinajstić information content (AvgIpc) is 2.78. The van der Waals surface area contributed by atoms with Crippen LogP contribution in [0.2, 0.25) is 0 Å². The van der Waals surface area contributed by atoms with Crippen molar-refractivity contribution in [2.45, 2.75) is 26.3 Å². The maximum absolute atomic E-state index is 3.62. The van der Waals surface area contributed by atoms with Gasteiger partial charge in [-0.3, -0.25) is 0 Å². The molecule has 3 heteroatoms. The van der Waals surface area contributed by atoms with Crippen LogP contribution in [-0.2, 0) is 6.42 Å². The Kier molecular flexibility index (Phi) is 3.31. The zero-order valence-electron chi connectivity index (χ0n) is 10.6. The van der Waals surface area contributed by atoms with E-state index in [-0.39, 0.29) is 0 Å². The molecule has 1 aromatic carbocycles. The molecule has 1 N–H and O–H groups in total. The van der Waals surface area contributed by atoms with Gasteiger partial charge in [-0.25, -0.2) is 0 Å². The van der Waals surface area contributed by atoms with E-state index in [1.165, 1.54) is 30.9 Å². The Morgan fingerprint density at radius 1 is 1.33 bits per heavy atom. The molecule has 1 unspecified atom stereocenters.